The van der Waals surface area contributed by atoms with Gasteiger partial charge in [0.2, 0.25) is 0 Å². The molecule has 1 nitrogen and oxygen atoms in total. The average Bonchev–Trinajstić information content (AvgIpc) is 3.52. The molecule has 254 valence electrons. The molecule has 0 saturated heterocycles. The van der Waals surface area contributed by atoms with E-state index in [9.17, 15) is 0 Å². The third-order valence-electron chi connectivity index (χ3n) is 12.0. The molecule has 2 aliphatic rings. The van der Waals surface area contributed by atoms with E-state index in [2.05, 4.69) is 199 Å². The fourth-order valence-corrected chi connectivity index (χ4v) is 9.37. The summed E-state index contributed by atoms with van der Waals surface area (Å²) in [6, 6.07) is 54.6. The predicted octanol–water partition coefficient (Wildman–Crippen LogP) is 14.0. The molecular formula is C51H45N. The summed E-state index contributed by atoms with van der Waals surface area (Å²) in [5, 5.41) is 0. The zero-order valence-electron chi connectivity index (χ0n) is 31.3. The van der Waals surface area contributed by atoms with Crippen molar-refractivity contribution in [3.63, 3.8) is 0 Å². The van der Waals surface area contributed by atoms with Crippen LogP contribution in [0.4, 0.5) is 17.1 Å². The Morgan fingerprint density at radius 3 is 1.38 bits per heavy atom. The molecule has 7 aromatic rings. The Morgan fingerprint density at radius 1 is 0.365 bits per heavy atom. The van der Waals surface area contributed by atoms with Crippen LogP contribution in [0.5, 0.6) is 0 Å². The number of anilines is 3. The van der Waals surface area contributed by atoms with Gasteiger partial charge in [-0.05, 0) is 135 Å². The maximum Gasteiger partial charge on any atom is 0.0569 e. The Kier molecular flexibility index (Phi) is 7.25. The number of nitrogens with zero attached hydrogens (tertiary/aromatic N) is 1. The summed E-state index contributed by atoms with van der Waals surface area (Å²) in [6.07, 6.45) is 0. The number of fused-ring (bicyclic) bond motifs is 6. The van der Waals surface area contributed by atoms with E-state index in [-0.39, 0.29) is 10.8 Å². The molecule has 0 N–H and O–H groups in total. The fraction of sp³-hybridized carbons (Fsp3) is 0.176. The van der Waals surface area contributed by atoms with Crippen LogP contribution in [-0.4, -0.2) is 0 Å². The van der Waals surface area contributed by atoms with Crippen molar-refractivity contribution in [1.82, 2.24) is 0 Å². The Hall–Kier alpha value is -5.66. The van der Waals surface area contributed by atoms with Crippen molar-refractivity contribution in [2.45, 2.75) is 59.3 Å². The molecule has 52 heavy (non-hydrogen) atoms. The van der Waals surface area contributed by atoms with E-state index in [0.29, 0.717) is 0 Å². The molecule has 0 fully saturated rings. The van der Waals surface area contributed by atoms with Crippen molar-refractivity contribution in [2.24, 2.45) is 0 Å². The molecule has 9 rings (SSSR count). The van der Waals surface area contributed by atoms with Crippen molar-refractivity contribution in [1.29, 1.82) is 0 Å². The average molecular weight is 672 g/mol. The second-order valence-electron chi connectivity index (χ2n) is 16.0. The van der Waals surface area contributed by atoms with Crippen LogP contribution in [0.25, 0.3) is 44.5 Å². The zero-order valence-corrected chi connectivity index (χ0v) is 31.3. The summed E-state index contributed by atoms with van der Waals surface area (Å²) in [4.78, 5) is 2.56. The Balaban J connectivity index is 1.35. The lowest BCUT2D eigenvalue weighted by molar-refractivity contribution is 0.660. The summed E-state index contributed by atoms with van der Waals surface area (Å²) in [5.74, 6) is 0. The van der Waals surface area contributed by atoms with Crippen LogP contribution in [0.15, 0.2) is 146 Å². The number of hydrogen-bond acceptors (Lipinski definition) is 1. The summed E-state index contributed by atoms with van der Waals surface area (Å²) in [6.45, 7) is 16.3. The van der Waals surface area contributed by atoms with Gasteiger partial charge in [-0.2, -0.15) is 0 Å². The molecule has 2 aliphatic carbocycles. The second kappa shape index (κ2) is 11.7. The first-order chi connectivity index (χ1) is 25.1. The van der Waals surface area contributed by atoms with Gasteiger partial charge in [-0.3, -0.25) is 0 Å². The number of aryl methyl sites for hydroxylation is 3. The molecule has 0 amide bonds. The number of hydrogen-bond donors (Lipinski definition) is 0. The summed E-state index contributed by atoms with van der Waals surface area (Å²) < 4.78 is 0. The van der Waals surface area contributed by atoms with E-state index in [1.165, 1.54) is 101 Å². The van der Waals surface area contributed by atoms with Gasteiger partial charge in [0.15, 0.2) is 0 Å². The highest BCUT2D eigenvalue weighted by Gasteiger charge is 2.38. The van der Waals surface area contributed by atoms with E-state index in [0.717, 1.165) is 0 Å². The van der Waals surface area contributed by atoms with Gasteiger partial charge in [-0.1, -0.05) is 137 Å². The van der Waals surface area contributed by atoms with Gasteiger partial charge in [-0.15, -0.1) is 0 Å². The van der Waals surface area contributed by atoms with E-state index in [4.69, 9.17) is 0 Å². The van der Waals surface area contributed by atoms with E-state index < -0.39 is 0 Å². The Morgan fingerprint density at radius 2 is 0.846 bits per heavy atom. The minimum atomic E-state index is -0.114. The normalized spacial score (nSPS) is 14.4. The highest BCUT2D eigenvalue weighted by molar-refractivity contribution is 5.96. The van der Waals surface area contributed by atoms with Crippen molar-refractivity contribution in [2.75, 3.05) is 4.90 Å². The monoisotopic (exact) mass is 671 g/mol. The van der Waals surface area contributed by atoms with Crippen molar-refractivity contribution in [3.8, 4) is 44.5 Å². The highest BCUT2D eigenvalue weighted by atomic mass is 15.1. The van der Waals surface area contributed by atoms with Gasteiger partial charge in [-0.25, -0.2) is 0 Å². The Bertz CT molecular complexity index is 2420. The summed E-state index contributed by atoms with van der Waals surface area (Å²) in [5.41, 5.74) is 23.0. The quantitative estimate of drug-likeness (QED) is 0.176. The number of benzene rings is 7. The van der Waals surface area contributed by atoms with Gasteiger partial charge < -0.3 is 4.90 Å². The van der Waals surface area contributed by atoms with E-state index >= 15 is 0 Å². The molecule has 0 heterocycles. The van der Waals surface area contributed by atoms with Crippen molar-refractivity contribution < 1.29 is 0 Å². The molecule has 0 bridgehead atoms. The van der Waals surface area contributed by atoms with Crippen molar-refractivity contribution in [3.05, 3.63) is 185 Å². The maximum absolute atomic E-state index is 2.56. The lowest BCUT2D eigenvalue weighted by Gasteiger charge is -2.33. The van der Waals surface area contributed by atoms with Gasteiger partial charge >= 0.3 is 0 Å². The third-order valence-corrected chi connectivity index (χ3v) is 12.0. The molecule has 0 saturated carbocycles. The SMILES string of the molecule is Cc1cccc(C)c1-c1cc(-c2ccccc2)cc(C)c1N(c1ccc2c(c1)C(C)(C)c1ccccc1-2)c1ccc2c(c1)C(C)(C)c1ccccc1-2. The third kappa shape index (κ3) is 4.76. The smallest absolute Gasteiger partial charge is 0.0569 e. The molecule has 0 aromatic heterocycles. The van der Waals surface area contributed by atoms with Crippen LogP contribution in [0, 0.1) is 20.8 Å². The Labute approximate surface area is 309 Å². The van der Waals surface area contributed by atoms with E-state index in [1.807, 2.05) is 0 Å². The highest BCUT2D eigenvalue weighted by Crippen LogP contribution is 2.54. The van der Waals surface area contributed by atoms with Crippen LogP contribution in [-0.2, 0) is 10.8 Å². The summed E-state index contributed by atoms with van der Waals surface area (Å²) >= 11 is 0. The van der Waals surface area contributed by atoms with Crippen LogP contribution < -0.4 is 4.90 Å². The van der Waals surface area contributed by atoms with Gasteiger partial charge in [0.05, 0.1) is 5.69 Å². The maximum atomic E-state index is 2.56. The summed E-state index contributed by atoms with van der Waals surface area (Å²) in [7, 11) is 0. The first kappa shape index (κ1) is 32.3. The van der Waals surface area contributed by atoms with Crippen LogP contribution in [0.1, 0.15) is 66.6 Å². The molecule has 0 radical (unpaired) electrons. The minimum Gasteiger partial charge on any atom is -0.310 e. The van der Waals surface area contributed by atoms with Gasteiger partial charge in [0.1, 0.15) is 0 Å². The molecular weight excluding hydrogens is 627 g/mol. The molecule has 0 spiro atoms. The van der Waals surface area contributed by atoms with Crippen LogP contribution in [0.3, 0.4) is 0 Å². The lowest BCUT2D eigenvalue weighted by atomic mass is 9.82. The first-order valence-corrected chi connectivity index (χ1v) is 18.6. The topological polar surface area (TPSA) is 3.24 Å². The van der Waals surface area contributed by atoms with Crippen LogP contribution in [0.2, 0.25) is 0 Å². The molecule has 1 heteroatoms. The molecule has 0 unspecified atom stereocenters. The van der Waals surface area contributed by atoms with E-state index in [1.54, 1.807) is 0 Å². The largest absolute Gasteiger partial charge is 0.310 e. The molecule has 0 atom stereocenters. The predicted molar refractivity (Wildman–Crippen MR) is 221 cm³/mol. The standard InChI is InChI=1S/C51H45N/c1-32-16-15-17-33(2)48(32)43-29-36(35-18-9-8-10-19-35)28-34(3)49(43)52(37-24-26-41-39-20-11-13-22-44(39)50(4,5)46(41)30-37)38-25-27-42-40-21-12-14-23-45(40)51(6,7)47(42)31-38/h8-31H,1-7H3. The first-order valence-electron chi connectivity index (χ1n) is 18.6. The fourth-order valence-electron chi connectivity index (χ4n) is 9.37. The second-order valence-corrected chi connectivity index (χ2v) is 16.0. The minimum absolute atomic E-state index is 0.114. The zero-order chi connectivity index (χ0) is 35.9. The van der Waals surface area contributed by atoms with Crippen molar-refractivity contribution >= 4 is 17.1 Å². The van der Waals surface area contributed by atoms with Crippen LogP contribution >= 0.6 is 0 Å². The van der Waals surface area contributed by atoms with Gasteiger partial charge in [0.25, 0.3) is 0 Å². The van der Waals surface area contributed by atoms with Gasteiger partial charge in [0, 0.05) is 27.8 Å². The lowest BCUT2D eigenvalue weighted by Crippen LogP contribution is -2.19. The molecule has 0 aliphatic heterocycles. The molecule has 7 aromatic carbocycles. The number of rotatable bonds is 5.